The second kappa shape index (κ2) is 20.2. The van der Waals surface area contributed by atoms with Crippen molar-refractivity contribution in [1.82, 2.24) is 9.80 Å². The van der Waals surface area contributed by atoms with Gasteiger partial charge in [0.1, 0.15) is 0 Å². The van der Waals surface area contributed by atoms with Crippen molar-refractivity contribution >= 4 is 0 Å². The molecule has 1 rings (SSSR count). The first kappa shape index (κ1) is 24.0. The van der Waals surface area contributed by atoms with Crippen LogP contribution in [0.1, 0.15) is 74.1 Å². The maximum Gasteiger partial charge on any atom is 0.0105 e. The Morgan fingerprint density at radius 2 is 1.32 bits per heavy atom. The molecule has 0 amide bonds. The minimum atomic E-state index is 0.838. The first-order valence-corrected chi connectivity index (χ1v) is 8.62. The molecule has 0 spiro atoms. The van der Waals surface area contributed by atoms with Gasteiger partial charge in [0.2, 0.25) is 0 Å². The van der Waals surface area contributed by atoms with Crippen LogP contribution >= 0.6 is 0 Å². The normalized spacial score (nSPS) is 15.5. The number of nitrogens with zero attached hydrogens (tertiary/aromatic N) is 2. The molecule has 1 aliphatic heterocycles. The molecule has 1 atom stereocenters. The van der Waals surface area contributed by atoms with Crippen LogP contribution in [0.25, 0.3) is 0 Å². The van der Waals surface area contributed by atoms with E-state index in [1.54, 1.807) is 0 Å². The average molecular weight is 275 g/mol. The van der Waals surface area contributed by atoms with E-state index in [2.05, 4.69) is 30.8 Å². The van der Waals surface area contributed by atoms with Crippen molar-refractivity contribution in [3.05, 3.63) is 0 Å². The lowest BCUT2D eigenvalue weighted by molar-refractivity contribution is 0.207. The Balaban J connectivity index is -0.000000375. The fraction of sp³-hybridized carbons (Fsp3) is 1.00. The Bertz CT molecular complexity index is 129. The van der Waals surface area contributed by atoms with Crippen molar-refractivity contribution in [3.8, 4) is 0 Å². The van der Waals surface area contributed by atoms with E-state index in [4.69, 9.17) is 0 Å². The Kier molecular flexibility index (Phi) is 25.5. The van der Waals surface area contributed by atoms with Crippen molar-refractivity contribution in [2.45, 2.75) is 80.2 Å². The quantitative estimate of drug-likeness (QED) is 0.704. The molecule has 0 aromatic rings. The van der Waals surface area contributed by atoms with Crippen LogP contribution in [0.3, 0.4) is 0 Å². The van der Waals surface area contributed by atoms with E-state index in [0.717, 1.165) is 6.04 Å². The molecule has 1 heterocycles. The van der Waals surface area contributed by atoms with Gasteiger partial charge in [-0.05, 0) is 59.4 Å². The van der Waals surface area contributed by atoms with Crippen LogP contribution in [0.5, 0.6) is 0 Å². The molecule has 0 aliphatic carbocycles. The van der Waals surface area contributed by atoms with Crippen molar-refractivity contribution in [2.24, 2.45) is 0 Å². The number of rotatable bonds is 5. The van der Waals surface area contributed by atoms with E-state index in [1.807, 2.05) is 41.5 Å². The smallest absolute Gasteiger partial charge is 0.0105 e. The summed E-state index contributed by atoms with van der Waals surface area (Å²) < 4.78 is 0. The molecule has 0 bridgehead atoms. The molecular formula is C17H42N2. The highest BCUT2D eigenvalue weighted by molar-refractivity contribution is 4.75. The van der Waals surface area contributed by atoms with Gasteiger partial charge in [-0.3, -0.25) is 0 Å². The number of hydrogen-bond donors (Lipinski definition) is 0. The van der Waals surface area contributed by atoms with Crippen molar-refractivity contribution in [1.29, 1.82) is 0 Å². The Labute approximate surface area is 124 Å². The van der Waals surface area contributed by atoms with Crippen LogP contribution in [-0.4, -0.2) is 49.6 Å². The summed E-state index contributed by atoms with van der Waals surface area (Å²) in [5, 5.41) is 0. The van der Waals surface area contributed by atoms with E-state index in [9.17, 15) is 0 Å². The monoisotopic (exact) mass is 274 g/mol. The summed E-state index contributed by atoms with van der Waals surface area (Å²) in [6.07, 6.45) is 5.48. The fourth-order valence-corrected chi connectivity index (χ4v) is 2.16. The molecule has 19 heavy (non-hydrogen) atoms. The number of likely N-dealkylation sites (tertiary alicyclic amines) is 1. The third-order valence-electron chi connectivity index (χ3n) is 3.04. The highest BCUT2D eigenvalue weighted by atomic mass is 15.2. The molecule has 0 N–H and O–H groups in total. The first-order valence-electron chi connectivity index (χ1n) is 8.62. The maximum absolute atomic E-state index is 2.67. The molecule has 0 aromatic heterocycles. The molecular weight excluding hydrogens is 232 g/mol. The van der Waals surface area contributed by atoms with E-state index >= 15 is 0 Å². The van der Waals surface area contributed by atoms with Crippen molar-refractivity contribution < 1.29 is 0 Å². The van der Waals surface area contributed by atoms with Gasteiger partial charge in [-0.15, -0.1) is 0 Å². The van der Waals surface area contributed by atoms with Gasteiger partial charge in [0.05, 0.1) is 0 Å². The third-order valence-corrected chi connectivity index (χ3v) is 3.04. The van der Waals surface area contributed by atoms with Gasteiger partial charge in [-0.25, -0.2) is 0 Å². The summed E-state index contributed by atoms with van der Waals surface area (Å²) >= 11 is 0. The van der Waals surface area contributed by atoms with Gasteiger partial charge >= 0.3 is 0 Å². The van der Waals surface area contributed by atoms with Crippen molar-refractivity contribution in [2.75, 3.05) is 33.7 Å². The second-order valence-electron chi connectivity index (χ2n) is 4.40. The largest absolute Gasteiger partial charge is 0.309 e. The van der Waals surface area contributed by atoms with E-state index < -0.39 is 0 Å². The van der Waals surface area contributed by atoms with Gasteiger partial charge in [-0.1, -0.05) is 48.5 Å². The molecule has 1 fully saturated rings. The van der Waals surface area contributed by atoms with Crippen LogP contribution in [0.2, 0.25) is 0 Å². The van der Waals surface area contributed by atoms with E-state index in [0.29, 0.717) is 0 Å². The summed E-state index contributed by atoms with van der Waals surface area (Å²) in [4.78, 5) is 4.96. The highest BCUT2D eigenvalue weighted by Gasteiger charge is 2.19. The van der Waals surface area contributed by atoms with Gasteiger partial charge in [-0.2, -0.15) is 0 Å². The molecule has 120 valence electrons. The minimum absolute atomic E-state index is 0.838. The molecule has 1 saturated heterocycles. The highest BCUT2D eigenvalue weighted by Crippen LogP contribution is 2.16. The standard InChI is InChI=1S/C11H24N2.3C2H6/c1-4-11(7-10-12(2)3)13-8-5-6-9-13;3*1-2/h11H,4-10H2,1-3H3;3*1-2H3. The Morgan fingerprint density at radius 3 is 1.63 bits per heavy atom. The lowest BCUT2D eigenvalue weighted by atomic mass is 10.1. The molecule has 1 aliphatic rings. The van der Waals surface area contributed by atoms with Gasteiger partial charge in [0.25, 0.3) is 0 Å². The zero-order chi connectivity index (χ0) is 15.7. The topological polar surface area (TPSA) is 6.48 Å². The summed E-state index contributed by atoms with van der Waals surface area (Å²) in [5.74, 6) is 0. The summed E-state index contributed by atoms with van der Waals surface area (Å²) in [5.41, 5.74) is 0. The predicted molar refractivity (Wildman–Crippen MR) is 92.1 cm³/mol. The maximum atomic E-state index is 2.67. The van der Waals surface area contributed by atoms with Crippen LogP contribution < -0.4 is 0 Å². The van der Waals surface area contributed by atoms with E-state index in [-0.39, 0.29) is 0 Å². The first-order chi connectivity index (χ1) is 9.24. The van der Waals surface area contributed by atoms with Crippen LogP contribution in [-0.2, 0) is 0 Å². The summed E-state index contributed by atoms with van der Waals surface area (Å²) in [6.45, 7) is 18.2. The van der Waals surface area contributed by atoms with Gasteiger partial charge in [0, 0.05) is 6.04 Å². The van der Waals surface area contributed by atoms with E-state index in [1.165, 1.54) is 45.3 Å². The lowest BCUT2D eigenvalue weighted by Crippen LogP contribution is -2.34. The van der Waals surface area contributed by atoms with Crippen molar-refractivity contribution in [3.63, 3.8) is 0 Å². The van der Waals surface area contributed by atoms with Gasteiger partial charge < -0.3 is 9.80 Å². The Morgan fingerprint density at radius 1 is 0.895 bits per heavy atom. The SMILES string of the molecule is CC.CC.CC.CCC(CCN(C)C)N1CCCC1. The third kappa shape index (κ3) is 14.1. The molecule has 1 unspecified atom stereocenters. The summed E-state index contributed by atoms with van der Waals surface area (Å²) in [6, 6.07) is 0.838. The molecule has 0 saturated carbocycles. The average Bonchev–Trinajstić information content (AvgIpc) is 3.00. The zero-order valence-electron chi connectivity index (χ0n) is 15.4. The molecule has 2 heteroatoms. The zero-order valence-corrected chi connectivity index (χ0v) is 15.4. The van der Waals surface area contributed by atoms with Crippen LogP contribution in [0, 0.1) is 0 Å². The minimum Gasteiger partial charge on any atom is -0.309 e. The molecule has 0 radical (unpaired) electrons. The lowest BCUT2D eigenvalue weighted by Gasteiger charge is -2.27. The Hall–Kier alpha value is -0.0800. The summed E-state index contributed by atoms with van der Waals surface area (Å²) in [7, 11) is 4.33. The molecule has 2 nitrogen and oxygen atoms in total. The van der Waals surface area contributed by atoms with Crippen LogP contribution in [0.4, 0.5) is 0 Å². The van der Waals surface area contributed by atoms with Crippen LogP contribution in [0.15, 0.2) is 0 Å². The predicted octanol–water partition coefficient (Wildman–Crippen LogP) is 4.89. The second-order valence-corrected chi connectivity index (χ2v) is 4.40. The molecule has 0 aromatic carbocycles. The van der Waals surface area contributed by atoms with Gasteiger partial charge in [0.15, 0.2) is 0 Å². The fourth-order valence-electron chi connectivity index (χ4n) is 2.16. The number of hydrogen-bond acceptors (Lipinski definition) is 2.